The van der Waals surface area contributed by atoms with Gasteiger partial charge in [-0.25, -0.2) is 0 Å². The molecule has 0 fully saturated rings. The Balaban J connectivity index is 2.89. The quantitative estimate of drug-likeness (QED) is 0.424. The minimum atomic E-state index is 0.193. The average Bonchev–Trinajstić information content (AvgIpc) is 2.04. The van der Waals surface area contributed by atoms with Crippen LogP contribution in [-0.4, -0.2) is 11.3 Å². The maximum atomic E-state index is 5.85. The number of rotatable bonds is 7. The summed E-state index contributed by atoms with van der Waals surface area (Å²) < 4.78 is 0. The first kappa shape index (κ1) is 11.6. The highest BCUT2D eigenvalue weighted by Crippen LogP contribution is 2.11. The summed E-state index contributed by atoms with van der Waals surface area (Å²) in [4.78, 5) is 0. The van der Waals surface area contributed by atoms with E-state index in [0.717, 1.165) is 6.42 Å². The van der Waals surface area contributed by atoms with Gasteiger partial charge in [-0.05, 0) is 6.42 Å². The van der Waals surface area contributed by atoms with Crippen molar-refractivity contribution in [2.24, 2.45) is 0 Å². The highest BCUT2D eigenvalue weighted by molar-refractivity contribution is 6.28. The van der Waals surface area contributed by atoms with Gasteiger partial charge in [-0.2, -0.15) is 0 Å². The second-order valence-electron chi connectivity index (χ2n) is 2.95. The van der Waals surface area contributed by atoms with Crippen LogP contribution in [0.15, 0.2) is 0 Å². The van der Waals surface area contributed by atoms with Crippen molar-refractivity contribution in [1.82, 2.24) is 0 Å². The minimum Gasteiger partial charge on any atom is -0.125 e. The molecule has 0 bridgehead atoms. The van der Waals surface area contributed by atoms with Crippen LogP contribution in [0.1, 0.15) is 45.4 Å². The van der Waals surface area contributed by atoms with Crippen molar-refractivity contribution in [3.63, 3.8) is 0 Å². The zero-order valence-corrected chi connectivity index (χ0v) is 8.79. The Morgan fingerprint density at radius 2 is 1.73 bits per heavy atom. The lowest BCUT2D eigenvalue weighted by molar-refractivity contribution is 0.605. The molecular weight excluding hydrogens is 179 g/mol. The van der Waals surface area contributed by atoms with Gasteiger partial charge in [0.25, 0.3) is 0 Å². The fourth-order valence-corrected chi connectivity index (χ4v) is 1.36. The van der Waals surface area contributed by atoms with Gasteiger partial charge in [0.05, 0.1) is 0 Å². The largest absolute Gasteiger partial charge is 0.125 e. The summed E-state index contributed by atoms with van der Waals surface area (Å²) in [6, 6.07) is 0. The summed E-state index contributed by atoms with van der Waals surface area (Å²) in [5.74, 6) is 0.593. The van der Waals surface area contributed by atoms with Crippen molar-refractivity contribution in [2.75, 3.05) is 5.88 Å². The summed E-state index contributed by atoms with van der Waals surface area (Å²) in [6.07, 6.45) is 7.64. The predicted molar refractivity (Wildman–Crippen MR) is 53.7 cm³/mol. The first-order valence-electron chi connectivity index (χ1n) is 4.51. The summed E-state index contributed by atoms with van der Waals surface area (Å²) >= 11 is 11.4. The number of unbranched alkanes of at least 4 members (excludes halogenated alkanes) is 4. The Morgan fingerprint density at radius 3 is 2.27 bits per heavy atom. The molecule has 0 aromatic rings. The third kappa shape index (κ3) is 8.49. The summed E-state index contributed by atoms with van der Waals surface area (Å²) in [7, 11) is 0. The SMILES string of the molecule is CCCCCCC[C@H](Cl)CCl. The Kier molecular flexibility index (Phi) is 9.13. The van der Waals surface area contributed by atoms with Gasteiger partial charge in [0, 0.05) is 11.3 Å². The lowest BCUT2D eigenvalue weighted by Crippen LogP contribution is -1.98. The molecule has 0 aliphatic carbocycles. The predicted octanol–water partition coefficient (Wildman–Crippen LogP) is 4.19. The molecule has 0 aromatic carbocycles. The van der Waals surface area contributed by atoms with E-state index in [1.165, 1.54) is 32.1 Å². The zero-order chi connectivity index (χ0) is 8.53. The van der Waals surface area contributed by atoms with Gasteiger partial charge < -0.3 is 0 Å². The molecule has 0 N–H and O–H groups in total. The molecule has 0 unspecified atom stereocenters. The summed E-state index contributed by atoms with van der Waals surface area (Å²) in [6.45, 7) is 2.23. The van der Waals surface area contributed by atoms with Gasteiger partial charge in [-0.1, -0.05) is 39.0 Å². The molecule has 0 aliphatic heterocycles. The van der Waals surface area contributed by atoms with Crippen molar-refractivity contribution in [2.45, 2.75) is 50.8 Å². The highest BCUT2D eigenvalue weighted by Gasteiger charge is 2.00. The molecule has 0 spiro atoms. The standard InChI is InChI=1S/C9H18Cl2/c1-2-3-4-5-6-7-9(11)8-10/h9H,2-8H2,1H3/t9-/m0/s1. The fraction of sp³-hybridized carbons (Fsp3) is 1.00. The average molecular weight is 197 g/mol. The zero-order valence-electron chi connectivity index (χ0n) is 7.28. The van der Waals surface area contributed by atoms with E-state index >= 15 is 0 Å². The fourth-order valence-electron chi connectivity index (χ4n) is 1.05. The molecule has 0 saturated carbocycles. The van der Waals surface area contributed by atoms with Crippen molar-refractivity contribution < 1.29 is 0 Å². The molecule has 11 heavy (non-hydrogen) atoms. The van der Waals surface area contributed by atoms with Crippen LogP contribution in [0.5, 0.6) is 0 Å². The Bertz CT molecular complexity index is 74.0. The van der Waals surface area contributed by atoms with E-state index in [4.69, 9.17) is 23.2 Å². The lowest BCUT2D eigenvalue weighted by Gasteiger charge is -2.03. The van der Waals surface area contributed by atoms with Crippen LogP contribution in [0.2, 0.25) is 0 Å². The third-order valence-corrected chi connectivity index (χ3v) is 2.69. The molecule has 0 saturated heterocycles. The van der Waals surface area contributed by atoms with Crippen molar-refractivity contribution in [3.8, 4) is 0 Å². The Hall–Kier alpha value is 0.580. The molecule has 0 heterocycles. The molecular formula is C9H18Cl2. The molecule has 0 nitrogen and oxygen atoms in total. The minimum absolute atomic E-state index is 0.193. The first-order chi connectivity index (χ1) is 5.31. The van der Waals surface area contributed by atoms with Gasteiger partial charge in [-0.15, -0.1) is 23.2 Å². The summed E-state index contributed by atoms with van der Waals surface area (Å²) in [5.41, 5.74) is 0. The van der Waals surface area contributed by atoms with Crippen LogP contribution in [0, 0.1) is 0 Å². The van der Waals surface area contributed by atoms with Gasteiger partial charge in [0.2, 0.25) is 0 Å². The Labute approximate surface area is 80.3 Å². The van der Waals surface area contributed by atoms with Gasteiger partial charge in [-0.3, -0.25) is 0 Å². The number of hydrogen-bond acceptors (Lipinski definition) is 0. The molecule has 2 heteroatoms. The normalized spacial score (nSPS) is 13.4. The van der Waals surface area contributed by atoms with Crippen molar-refractivity contribution >= 4 is 23.2 Å². The molecule has 68 valence electrons. The van der Waals surface area contributed by atoms with Crippen LogP contribution < -0.4 is 0 Å². The van der Waals surface area contributed by atoms with Crippen LogP contribution in [0.25, 0.3) is 0 Å². The van der Waals surface area contributed by atoms with E-state index in [9.17, 15) is 0 Å². The maximum absolute atomic E-state index is 5.85. The van der Waals surface area contributed by atoms with E-state index in [1.807, 2.05) is 0 Å². The second kappa shape index (κ2) is 8.67. The van der Waals surface area contributed by atoms with Crippen molar-refractivity contribution in [1.29, 1.82) is 0 Å². The van der Waals surface area contributed by atoms with E-state index in [0.29, 0.717) is 5.88 Å². The number of hydrogen-bond donors (Lipinski definition) is 0. The van der Waals surface area contributed by atoms with Gasteiger partial charge >= 0.3 is 0 Å². The third-order valence-electron chi connectivity index (χ3n) is 1.79. The van der Waals surface area contributed by atoms with Crippen molar-refractivity contribution in [3.05, 3.63) is 0 Å². The second-order valence-corrected chi connectivity index (χ2v) is 3.88. The molecule has 0 aromatic heterocycles. The monoisotopic (exact) mass is 196 g/mol. The van der Waals surface area contributed by atoms with E-state index in [-0.39, 0.29) is 5.38 Å². The lowest BCUT2D eigenvalue weighted by atomic mass is 10.1. The number of alkyl halides is 2. The molecule has 0 aliphatic rings. The molecule has 0 radical (unpaired) electrons. The maximum Gasteiger partial charge on any atom is 0.0471 e. The summed E-state index contributed by atoms with van der Waals surface area (Å²) in [5, 5.41) is 0.193. The van der Waals surface area contributed by atoms with Crippen LogP contribution in [0.3, 0.4) is 0 Å². The van der Waals surface area contributed by atoms with Crippen LogP contribution in [0.4, 0.5) is 0 Å². The van der Waals surface area contributed by atoms with E-state index < -0.39 is 0 Å². The topological polar surface area (TPSA) is 0 Å². The van der Waals surface area contributed by atoms with E-state index in [1.54, 1.807) is 0 Å². The van der Waals surface area contributed by atoms with Gasteiger partial charge in [0.15, 0.2) is 0 Å². The molecule has 0 amide bonds. The molecule has 0 rings (SSSR count). The molecule has 1 atom stereocenters. The van der Waals surface area contributed by atoms with E-state index in [2.05, 4.69) is 6.92 Å². The number of halogens is 2. The van der Waals surface area contributed by atoms with Crippen LogP contribution in [-0.2, 0) is 0 Å². The van der Waals surface area contributed by atoms with Gasteiger partial charge in [0.1, 0.15) is 0 Å². The Morgan fingerprint density at radius 1 is 1.09 bits per heavy atom. The smallest absolute Gasteiger partial charge is 0.0471 e. The highest BCUT2D eigenvalue weighted by atomic mass is 35.5. The van der Waals surface area contributed by atoms with Crippen LogP contribution >= 0.6 is 23.2 Å². The first-order valence-corrected chi connectivity index (χ1v) is 5.48.